The van der Waals surface area contributed by atoms with Crippen molar-refractivity contribution in [3.63, 3.8) is 0 Å². The van der Waals surface area contributed by atoms with E-state index in [2.05, 4.69) is 21.3 Å². The standard InChI is InChI=1S/C47H66F2N6O10/c1-9-17-36(41(58)47(48,49)45(62)51-30(4)32-18-11-10-12-19-32)52-42(59)37-26-35(65-55(63)25-24-33-20-13-14-21-34(33)28-55)27-54(37)44(61)31(5)50-43(60)40(29(2)3)53-38(56)22-15-16-23-39(57)64-46(6,7)8/h10-14,18-21,29-31,35-37,40H,9,15-17,22-28H2,1-8H3,(H,50,60)(H,51,62)(H,52,59)(H,53,56)/t30-,31-,35+,36-,37-,40-,55?/m0/s1. The minimum atomic E-state index is -4.54. The third-order valence-electron chi connectivity index (χ3n) is 11.3. The van der Waals surface area contributed by atoms with Crippen molar-refractivity contribution < 1.29 is 56.7 Å². The maximum absolute atomic E-state index is 15.6. The maximum atomic E-state index is 15.6. The van der Waals surface area contributed by atoms with Crippen LogP contribution in [0.2, 0.25) is 0 Å². The quantitative estimate of drug-likeness (QED) is 0.0439. The van der Waals surface area contributed by atoms with Crippen LogP contribution in [-0.4, -0.2) is 106 Å². The molecule has 0 radical (unpaired) electrons. The van der Waals surface area contributed by atoms with E-state index in [0.29, 0.717) is 24.8 Å². The Morgan fingerprint density at radius 3 is 2.12 bits per heavy atom. The summed E-state index contributed by atoms with van der Waals surface area (Å²) in [6.45, 7) is 12.9. The molecule has 16 nitrogen and oxygen atoms in total. The van der Waals surface area contributed by atoms with Crippen molar-refractivity contribution in [3.05, 3.63) is 76.5 Å². The van der Waals surface area contributed by atoms with Gasteiger partial charge in [-0.15, -0.1) is 0 Å². The number of hydrogen-bond acceptors (Lipinski definition) is 10. The molecule has 1 unspecified atom stereocenters. The van der Waals surface area contributed by atoms with Gasteiger partial charge in [-0.25, -0.2) is 4.81 Å². The summed E-state index contributed by atoms with van der Waals surface area (Å²) in [5.41, 5.74) is 1.67. The fraction of sp³-hybridized carbons (Fsp3) is 0.596. The first-order chi connectivity index (χ1) is 30.4. The number of likely N-dealkylation sites (tertiary alicyclic amines) is 1. The molecule has 1 saturated heterocycles. The molecule has 0 aliphatic carbocycles. The number of nitrogens with zero attached hydrogens (tertiary/aromatic N) is 2. The summed E-state index contributed by atoms with van der Waals surface area (Å²) >= 11 is 0. The number of amides is 5. The number of hydroxylamine groups is 4. The Labute approximate surface area is 380 Å². The van der Waals surface area contributed by atoms with Gasteiger partial charge in [-0.05, 0) is 70.9 Å². The van der Waals surface area contributed by atoms with Crippen LogP contribution in [0.25, 0.3) is 0 Å². The summed E-state index contributed by atoms with van der Waals surface area (Å²) in [5, 5.41) is 23.8. The number of quaternary nitrogens is 1. The lowest BCUT2D eigenvalue weighted by atomic mass is 9.99. The van der Waals surface area contributed by atoms with E-state index in [1.54, 1.807) is 77.9 Å². The highest BCUT2D eigenvalue weighted by Crippen LogP contribution is 2.31. The average Bonchev–Trinajstić information content (AvgIpc) is 3.66. The number of unbranched alkanes of at least 4 members (excludes halogenated alkanes) is 1. The lowest BCUT2D eigenvalue weighted by Crippen LogP contribution is -2.59. The minimum absolute atomic E-state index is 0.0238. The Hall–Kier alpha value is -5.33. The lowest BCUT2D eigenvalue weighted by Gasteiger charge is -2.43. The van der Waals surface area contributed by atoms with Gasteiger partial charge in [-0.2, -0.15) is 13.6 Å². The van der Waals surface area contributed by atoms with Crippen LogP contribution in [0.15, 0.2) is 54.6 Å². The van der Waals surface area contributed by atoms with Gasteiger partial charge in [0.15, 0.2) is 0 Å². The number of hydrogen-bond donors (Lipinski definition) is 4. The molecule has 2 aromatic carbocycles. The van der Waals surface area contributed by atoms with Crippen molar-refractivity contribution in [2.75, 3.05) is 13.1 Å². The van der Waals surface area contributed by atoms with Gasteiger partial charge in [-0.3, -0.25) is 33.6 Å². The van der Waals surface area contributed by atoms with Crippen molar-refractivity contribution in [1.82, 2.24) is 26.2 Å². The first-order valence-corrected chi connectivity index (χ1v) is 22.5. The van der Waals surface area contributed by atoms with Crippen LogP contribution in [0.5, 0.6) is 0 Å². The summed E-state index contributed by atoms with van der Waals surface area (Å²) in [7, 11) is 0. The first-order valence-electron chi connectivity index (χ1n) is 22.5. The fourth-order valence-corrected chi connectivity index (χ4v) is 7.92. The normalized spacial score (nSPS) is 20.4. The first kappa shape index (κ1) is 52.3. The number of rotatable bonds is 21. The molecule has 0 saturated carbocycles. The molecular formula is C47H66F2N6O10. The molecule has 0 aromatic heterocycles. The molecule has 7 atom stereocenters. The number of nitrogens with one attached hydrogen (secondary N) is 4. The minimum Gasteiger partial charge on any atom is -0.598 e. The summed E-state index contributed by atoms with van der Waals surface area (Å²) in [4.78, 5) is 99.4. The predicted molar refractivity (Wildman–Crippen MR) is 236 cm³/mol. The Morgan fingerprint density at radius 2 is 1.49 bits per heavy atom. The lowest BCUT2D eigenvalue weighted by molar-refractivity contribution is -1.08. The molecule has 18 heteroatoms. The average molecular weight is 913 g/mol. The highest BCUT2D eigenvalue weighted by Gasteiger charge is 2.52. The zero-order valence-electron chi connectivity index (χ0n) is 38.7. The number of ketones is 1. The van der Waals surface area contributed by atoms with Crippen LogP contribution in [0, 0.1) is 11.1 Å². The zero-order valence-corrected chi connectivity index (χ0v) is 38.7. The SMILES string of the molecule is CCC[C@H](NC(=O)[C@@H]1C[C@@H](O[N+]2([O-])CCc3ccccc3C2)CN1C(=O)[C@H](C)NC(=O)[C@@H](NC(=O)CCCCC(=O)OC(C)(C)C)C(C)C)C(=O)C(F)(F)C(=O)N[C@@H](C)c1ccccc1. The third kappa shape index (κ3) is 14.8. The van der Waals surface area contributed by atoms with Gasteiger partial charge in [0.2, 0.25) is 29.4 Å². The monoisotopic (exact) mass is 912 g/mol. The van der Waals surface area contributed by atoms with Gasteiger partial charge < -0.3 is 36.1 Å². The second-order valence-corrected chi connectivity index (χ2v) is 18.4. The molecule has 5 amide bonds. The molecule has 2 aromatic rings. The van der Waals surface area contributed by atoms with Crippen molar-refractivity contribution >= 4 is 41.3 Å². The number of alkyl halides is 2. The van der Waals surface area contributed by atoms with E-state index in [0.717, 1.165) is 16.0 Å². The summed E-state index contributed by atoms with van der Waals surface area (Å²) in [6.07, 6.45) is -0.0762. The van der Waals surface area contributed by atoms with Crippen LogP contribution < -0.4 is 21.3 Å². The molecule has 1 fully saturated rings. The van der Waals surface area contributed by atoms with Crippen LogP contribution in [0.4, 0.5) is 8.78 Å². The zero-order chi connectivity index (χ0) is 48.3. The second kappa shape index (κ2) is 22.7. The van der Waals surface area contributed by atoms with Gasteiger partial charge in [0.1, 0.15) is 42.9 Å². The van der Waals surface area contributed by atoms with Crippen LogP contribution >= 0.6 is 0 Å². The number of benzene rings is 2. The molecule has 0 spiro atoms. The summed E-state index contributed by atoms with van der Waals surface area (Å²) in [6, 6.07) is 9.21. The molecule has 4 rings (SSSR count). The van der Waals surface area contributed by atoms with Crippen LogP contribution in [0.3, 0.4) is 0 Å². The van der Waals surface area contributed by atoms with Crippen molar-refractivity contribution in [3.8, 4) is 0 Å². The van der Waals surface area contributed by atoms with E-state index < -0.39 is 93.9 Å². The van der Waals surface area contributed by atoms with Crippen molar-refractivity contribution in [1.29, 1.82) is 0 Å². The maximum Gasteiger partial charge on any atom is 0.383 e. The Bertz CT molecular complexity index is 2010. The number of esters is 1. The molecule has 0 bridgehead atoms. The van der Waals surface area contributed by atoms with E-state index in [9.17, 15) is 38.8 Å². The smallest absolute Gasteiger partial charge is 0.383 e. The van der Waals surface area contributed by atoms with Gasteiger partial charge in [0.25, 0.3) is 5.91 Å². The predicted octanol–water partition coefficient (Wildman–Crippen LogP) is 4.87. The Balaban J connectivity index is 1.49. The molecule has 358 valence electrons. The Morgan fingerprint density at radius 1 is 0.862 bits per heavy atom. The number of ether oxygens (including phenoxy) is 1. The van der Waals surface area contributed by atoms with Gasteiger partial charge in [-0.1, -0.05) is 81.8 Å². The topological polar surface area (TPSA) is 212 Å². The van der Waals surface area contributed by atoms with Crippen molar-refractivity contribution in [2.45, 2.75) is 161 Å². The van der Waals surface area contributed by atoms with Crippen molar-refractivity contribution in [2.24, 2.45) is 5.92 Å². The van der Waals surface area contributed by atoms with Gasteiger partial charge >= 0.3 is 11.9 Å². The molecule has 2 heterocycles. The highest BCUT2D eigenvalue weighted by molar-refractivity contribution is 6.10. The molecular weight excluding hydrogens is 847 g/mol. The number of carbonyl (C=O) groups is 7. The molecule has 2 aliphatic rings. The second-order valence-electron chi connectivity index (χ2n) is 18.4. The largest absolute Gasteiger partial charge is 0.598 e. The van der Waals surface area contributed by atoms with E-state index in [-0.39, 0.29) is 57.7 Å². The Kier molecular flexibility index (Phi) is 18.3. The molecule has 2 aliphatic heterocycles. The molecule has 4 N–H and O–H groups in total. The number of fused-ring (bicyclic) bond motifs is 1. The number of Topliss-reactive ketones (excluding diaryl/α,β-unsaturated/α-hetero) is 1. The summed E-state index contributed by atoms with van der Waals surface area (Å²) in [5.74, 6) is -11.9. The highest BCUT2D eigenvalue weighted by atomic mass is 19.3. The third-order valence-corrected chi connectivity index (χ3v) is 11.3. The van der Waals surface area contributed by atoms with E-state index in [1.807, 2.05) is 18.2 Å². The van der Waals surface area contributed by atoms with E-state index >= 15 is 8.78 Å². The van der Waals surface area contributed by atoms with Gasteiger partial charge in [0.05, 0.1) is 18.6 Å². The van der Waals surface area contributed by atoms with Crippen LogP contribution in [-0.2, 0) is 56.1 Å². The van der Waals surface area contributed by atoms with E-state index in [4.69, 9.17) is 9.57 Å². The van der Waals surface area contributed by atoms with Crippen LogP contribution in [0.1, 0.15) is 123 Å². The molecule has 65 heavy (non-hydrogen) atoms. The summed E-state index contributed by atoms with van der Waals surface area (Å²) < 4.78 is 36.6. The van der Waals surface area contributed by atoms with E-state index in [1.165, 1.54) is 13.8 Å². The van der Waals surface area contributed by atoms with Gasteiger partial charge in [0, 0.05) is 31.2 Å². The number of carbonyl (C=O) groups excluding carboxylic acids is 7. The fourth-order valence-electron chi connectivity index (χ4n) is 7.92. The number of halogens is 2.